The summed E-state index contributed by atoms with van der Waals surface area (Å²) in [5, 5.41) is 10.6. The van der Waals surface area contributed by atoms with Gasteiger partial charge in [-0.1, -0.05) is 48.4 Å². The smallest absolute Gasteiger partial charge is 0.123 e. The lowest BCUT2D eigenvalue weighted by molar-refractivity contribution is 0.151. The predicted molar refractivity (Wildman–Crippen MR) is 134 cm³/mol. The van der Waals surface area contributed by atoms with Crippen molar-refractivity contribution in [3.8, 4) is 22.9 Å². The van der Waals surface area contributed by atoms with Crippen LogP contribution >= 0.6 is 11.6 Å². The van der Waals surface area contributed by atoms with Gasteiger partial charge in [0.2, 0.25) is 0 Å². The van der Waals surface area contributed by atoms with Gasteiger partial charge in [-0.2, -0.15) is 5.26 Å². The number of aromatic nitrogens is 1. The Balaban J connectivity index is 1.55. The SMILES string of the molecule is COc1cc(CCc2nccc(-c3ccccc3)c2C#N)c(Cl)cc1CN1CCCC[C@H]1C. The second kappa shape index (κ2) is 10.8. The molecule has 3 aromatic rings. The van der Waals surface area contributed by atoms with Crippen LogP contribution in [0.3, 0.4) is 0 Å². The summed E-state index contributed by atoms with van der Waals surface area (Å²) >= 11 is 6.72. The van der Waals surface area contributed by atoms with Crippen molar-refractivity contribution in [3.63, 3.8) is 0 Å². The van der Waals surface area contributed by atoms with Gasteiger partial charge in [0.15, 0.2) is 0 Å². The van der Waals surface area contributed by atoms with Gasteiger partial charge in [-0.25, -0.2) is 0 Å². The third-order valence-electron chi connectivity index (χ3n) is 6.62. The Morgan fingerprint density at radius 1 is 1.12 bits per heavy atom. The molecule has 0 saturated carbocycles. The van der Waals surface area contributed by atoms with Crippen molar-refractivity contribution in [1.29, 1.82) is 5.26 Å². The second-order valence-corrected chi connectivity index (χ2v) is 9.14. The first kappa shape index (κ1) is 23.3. The fraction of sp³-hybridized carbons (Fsp3) is 0.357. The van der Waals surface area contributed by atoms with E-state index in [1.807, 2.05) is 36.4 Å². The second-order valence-electron chi connectivity index (χ2n) is 8.73. The summed E-state index contributed by atoms with van der Waals surface area (Å²) in [7, 11) is 1.72. The molecule has 1 saturated heterocycles. The van der Waals surface area contributed by atoms with Gasteiger partial charge in [-0.05, 0) is 68.5 Å². The molecule has 170 valence electrons. The zero-order chi connectivity index (χ0) is 23.2. The third-order valence-corrected chi connectivity index (χ3v) is 6.97. The minimum absolute atomic E-state index is 0.578. The Labute approximate surface area is 201 Å². The number of benzene rings is 2. The van der Waals surface area contributed by atoms with Crippen LogP contribution in [0.2, 0.25) is 5.02 Å². The highest BCUT2D eigenvalue weighted by Crippen LogP contribution is 2.31. The van der Waals surface area contributed by atoms with E-state index in [0.717, 1.165) is 51.8 Å². The first-order chi connectivity index (χ1) is 16.1. The number of ether oxygens (including phenoxy) is 1. The Kier molecular flexibility index (Phi) is 7.65. The highest BCUT2D eigenvalue weighted by molar-refractivity contribution is 6.31. The molecule has 4 nitrogen and oxygen atoms in total. The van der Waals surface area contributed by atoms with Gasteiger partial charge in [0.05, 0.1) is 18.4 Å². The summed E-state index contributed by atoms with van der Waals surface area (Å²) < 4.78 is 5.74. The predicted octanol–water partition coefficient (Wildman–Crippen LogP) is 6.44. The van der Waals surface area contributed by atoms with E-state index in [9.17, 15) is 5.26 Å². The molecule has 4 rings (SSSR count). The average molecular weight is 460 g/mol. The molecular weight excluding hydrogens is 430 g/mol. The van der Waals surface area contributed by atoms with Crippen LogP contribution in [-0.2, 0) is 19.4 Å². The largest absolute Gasteiger partial charge is 0.496 e. The van der Waals surface area contributed by atoms with Crippen LogP contribution in [0.1, 0.15) is 48.6 Å². The first-order valence-corrected chi connectivity index (χ1v) is 12.0. The Hall–Kier alpha value is -2.87. The van der Waals surface area contributed by atoms with Crippen LogP contribution in [0.15, 0.2) is 54.7 Å². The molecule has 1 fully saturated rings. The minimum atomic E-state index is 0.578. The van der Waals surface area contributed by atoms with E-state index >= 15 is 0 Å². The Bertz CT molecular complexity index is 1140. The van der Waals surface area contributed by atoms with E-state index in [-0.39, 0.29) is 0 Å². The quantitative estimate of drug-likeness (QED) is 0.407. The number of rotatable bonds is 7. The molecule has 0 unspecified atom stereocenters. The fourth-order valence-corrected chi connectivity index (χ4v) is 4.96. The maximum atomic E-state index is 9.87. The summed E-state index contributed by atoms with van der Waals surface area (Å²) in [5.74, 6) is 0.874. The topological polar surface area (TPSA) is 49.1 Å². The fourth-order valence-electron chi connectivity index (χ4n) is 4.68. The zero-order valence-corrected chi connectivity index (χ0v) is 20.1. The number of likely N-dealkylation sites (tertiary alicyclic amines) is 1. The molecule has 1 aliphatic heterocycles. The van der Waals surface area contributed by atoms with E-state index < -0.39 is 0 Å². The lowest BCUT2D eigenvalue weighted by Crippen LogP contribution is -2.36. The van der Waals surface area contributed by atoms with Crippen LogP contribution in [0.25, 0.3) is 11.1 Å². The van der Waals surface area contributed by atoms with Crippen molar-refractivity contribution >= 4 is 11.6 Å². The zero-order valence-electron chi connectivity index (χ0n) is 19.4. The number of piperidine rings is 1. The van der Waals surface area contributed by atoms with E-state index in [1.54, 1.807) is 13.3 Å². The molecule has 1 aromatic heterocycles. The lowest BCUT2D eigenvalue weighted by atomic mass is 9.96. The summed E-state index contributed by atoms with van der Waals surface area (Å²) in [4.78, 5) is 7.03. The molecule has 2 aromatic carbocycles. The molecular formula is C28H30ClN3O. The average Bonchev–Trinajstić information content (AvgIpc) is 2.85. The van der Waals surface area contributed by atoms with Crippen LogP contribution in [-0.4, -0.2) is 29.6 Å². The first-order valence-electron chi connectivity index (χ1n) is 11.6. The van der Waals surface area contributed by atoms with Crippen LogP contribution in [0.5, 0.6) is 5.75 Å². The Morgan fingerprint density at radius 2 is 1.94 bits per heavy atom. The molecule has 0 aliphatic carbocycles. The standard InChI is InChI=1S/C28H30ClN3O/c1-20-8-6-7-15-32(20)19-23-16-26(29)22(17-28(23)33-2)11-12-27-25(18-30)24(13-14-31-27)21-9-4-3-5-10-21/h3-5,9-10,13-14,16-17,20H,6-8,11-12,15,19H2,1-2H3/t20-/m1/s1. The van der Waals surface area contributed by atoms with E-state index in [4.69, 9.17) is 16.3 Å². The van der Waals surface area contributed by atoms with E-state index in [1.165, 1.54) is 19.3 Å². The van der Waals surface area contributed by atoms with Crippen molar-refractivity contribution in [3.05, 3.63) is 82.1 Å². The van der Waals surface area contributed by atoms with Gasteiger partial charge in [-0.15, -0.1) is 0 Å². The van der Waals surface area contributed by atoms with Crippen molar-refractivity contribution in [1.82, 2.24) is 9.88 Å². The molecule has 0 radical (unpaired) electrons. The van der Waals surface area contributed by atoms with Gasteiger partial charge in [0.25, 0.3) is 0 Å². The van der Waals surface area contributed by atoms with Crippen molar-refractivity contribution in [2.75, 3.05) is 13.7 Å². The third kappa shape index (κ3) is 5.38. The van der Waals surface area contributed by atoms with Gasteiger partial charge in [0, 0.05) is 34.9 Å². The van der Waals surface area contributed by atoms with Gasteiger partial charge in [-0.3, -0.25) is 9.88 Å². The maximum Gasteiger partial charge on any atom is 0.123 e. The number of nitrogens with zero attached hydrogens (tertiary/aromatic N) is 3. The highest BCUT2D eigenvalue weighted by atomic mass is 35.5. The lowest BCUT2D eigenvalue weighted by Gasteiger charge is -2.33. The summed E-state index contributed by atoms with van der Waals surface area (Å²) in [6.45, 7) is 4.26. The number of methoxy groups -OCH3 is 1. The summed E-state index contributed by atoms with van der Waals surface area (Å²) in [5.41, 5.74) is 5.50. The van der Waals surface area contributed by atoms with Gasteiger partial charge >= 0.3 is 0 Å². The number of hydrogen-bond donors (Lipinski definition) is 0. The van der Waals surface area contributed by atoms with E-state index in [2.05, 4.69) is 35.0 Å². The molecule has 0 amide bonds. The van der Waals surface area contributed by atoms with Crippen LogP contribution in [0.4, 0.5) is 0 Å². The number of halogens is 1. The molecule has 5 heteroatoms. The maximum absolute atomic E-state index is 9.87. The van der Waals surface area contributed by atoms with Gasteiger partial charge in [0.1, 0.15) is 11.8 Å². The molecule has 0 N–H and O–H groups in total. The molecule has 33 heavy (non-hydrogen) atoms. The Morgan fingerprint density at radius 3 is 2.67 bits per heavy atom. The normalized spacial score (nSPS) is 16.4. The molecule has 2 heterocycles. The highest BCUT2D eigenvalue weighted by Gasteiger charge is 2.21. The number of nitriles is 1. The number of pyridine rings is 1. The van der Waals surface area contributed by atoms with Crippen molar-refractivity contribution in [2.45, 2.75) is 51.6 Å². The molecule has 1 atom stereocenters. The minimum Gasteiger partial charge on any atom is -0.496 e. The molecule has 1 aliphatic rings. The summed E-state index contributed by atoms with van der Waals surface area (Å²) in [6, 6.07) is 18.9. The molecule has 0 bridgehead atoms. The van der Waals surface area contributed by atoms with E-state index in [0.29, 0.717) is 24.4 Å². The van der Waals surface area contributed by atoms with Crippen molar-refractivity contribution in [2.24, 2.45) is 0 Å². The van der Waals surface area contributed by atoms with Crippen LogP contribution in [0, 0.1) is 11.3 Å². The van der Waals surface area contributed by atoms with Crippen LogP contribution < -0.4 is 4.74 Å². The number of hydrogen-bond acceptors (Lipinski definition) is 4. The van der Waals surface area contributed by atoms with Gasteiger partial charge < -0.3 is 4.74 Å². The number of aryl methyl sites for hydroxylation is 2. The summed E-state index contributed by atoms with van der Waals surface area (Å²) in [6.07, 6.45) is 6.89. The monoisotopic (exact) mass is 459 g/mol. The molecule has 0 spiro atoms. The van der Waals surface area contributed by atoms with Crippen molar-refractivity contribution < 1.29 is 4.74 Å².